The maximum absolute atomic E-state index is 11.9. The van der Waals surface area contributed by atoms with Gasteiger partial charge in [0.25, 0.3) is 5.91 Å². The highest BCUT2D eigenvalue weighted by Crippen LogP contribution is 2.44. The van der Waals surface area contributed by atoms with Gasteiger partial charge in [-0.25, -0.2) is 0 Å². The molecule has 1 aliphatic carbocycles. The van der Waals surface area contributed by atoms with Crippen LogP contribution < -0.4 is 4.74 Å². The number of β-amino-alcohol motifs (C(OH)–C–C–N with tert-alkyl or cyclic N) is 1. The number of hydrogen-bond donors (Lipinski definition) is 1. The predicted octanol–water partition coefficient (Wildman–Crippen LogP) is 2.36. The molecule has 0 unspecified atom stereocenters. The number of carbonyl (C=O) groups is 1. The van der Waals surface area contributed by atoms with Crippen molar-refractivity contribution in [1.29, 1.82) is 0 Å². The largest absolute Gasteiger partial charge is 0.484 e. The highest BCUT2D eigenvalue weighted by Gasteiger charge is 2.53. The highest BCUT2D eigenvalue weighted by molar-refractivity contribution is 6.42. The molecule has 1 aromatic carbocycles. The van der Waals surface area contributed by atoms with Crippen molar-refractivity contribution in [2.24, 2.45) is 5.92 Å². The van der Waals surface area contributed by atoms with Crippen LogP contribution in [0.2, 0.25) is 10.0 Å². The maximum Gasteiger partial charge on any atom is 0.260 e. The summed E-state index contributed by atoms with van der Waals surface area (Å²) in [7, 11) is 0. The Labute approximate surface area is 127 Å². The van der Waals surface area contributed by atoms with Gasteiger partial charge in [0.1, 0.15) is 11.4 Å². The van der Waals surface area contributed by atoms with Gasteiger partial charge < -0.3 is 14.7 Å². The molecule has 1 N–H and O–H groups in total. The summed E-state index contributed by atoms with van der Waals surface area (Å²) in [6, 6.07) is 4.87. The predicted molar refractivity (Wildman–Crippen MR) is 76.2 cm³/mol. The Hall–Kier alpha value is -0.970. The number of amides is 1. The smallest absolute Gasteiger partial charge is 0.260 e. The van der Waals surface area contributed by atoms with Gasteiger partial charge in [0.15, 0.2) is 6.61 Å². The van der Waals surface area contributed by atoms with Crippen molar-refractivity contribution in [2.75, 3.05) is 19.7 Å². The Morgan fingerprint density at radius 3 is 2.65 bits per heavy atom. The van der Waals surface area contributed by atoms with E-state index in [2.05, 4.69) is 0 Å². The zero-order valence-corrected chi connectivity index (χ0v) is 12.3. The van der Waals surface area contributed by atoms with Crippen LogP contribution in [0.3, 0.4) is 0 Å². The van der Waals surface area contributed by atoms with E-state index in [1.54, 1.807) is 23.1 Å². The second-order valence-corrected chi connectivity index (χ2v) is 6.31. The molecule has 2 fully saturated rings. The molecule has 108 valence electrons. The SMILES string of the molecule is O=C(COc1ccc(Cl)c(Cl)c1)N1CC(O)(C2CC2)C1. The van der Waals surface area contributed by atoms with Crippen LogP contribution in [0.25, 0.3) is 0 Å². The van der Waals surface area contributed by atoms with Gasteiger partial charge in [-0.1, -0.05) is 23.2 Å². The third-order valence-electron chi connectivity index (χ3n) is 3.87. The normalized spacial score (nSPS) is 20.4. The number of nitrogens with zero attached hydrogens (tertiary/aromatic N) is 1. The monoisotopic (exact) mass is 315 g/mol. The molecule has 1 saturated carbocycles. The summed E-state index contributed by atoms with van der Waals surface area (Å²) in [6.07, 6.45) is 2.14. The number of hydrogen-bond acceptors (Lipinski definition) is 3. The molecule has 0 bridgehead atoms. The van der Waals surface area contributed by atoms with Crippen LogP contribution in [-0.2, 0) is 4.79 Å². The average molecular weight is 316 g/mol. The summed E-state index contributed by atoms with van der Waals surface area (Å²) in [5.41, 5.74) is -0.654. The molecule has 4 nitrogen and oxygen atoms in total. The van der Waals surface area contributed by atoms with Crippen LogP contribution in [0.4, 0.5) is 0 Å². The highest BCUT2D eigenvalue weighted by atomic mass is 35.5. The van der Waals surface area contributed by atoms with Gasteiger partial charge in [-0.2, -0.15) is 0 Å². The number of carbonyl (C=O) groups excluding carboxylic acids is 1. The lowest BCUT2D eigenvalue weighted by Gasteiger charge is -2.46. The molecular formula is C14H15Cl2NO3. The minimum atomic E-state index is -0.654. The van der Waals surface area contributed by atoms with Crippen LogP contribution in [0, 0.1) is 5.92 Å². The van der Waals surface area contributed by atoms with Crippen LogP contribution in [0.15, 0.2) is 18.2 Å². The number of benzene rings is 1. The fourth-order valence-electron chi connectivity index (χ4n) is 2.47. The molecule has 20 heavy (non-hydrogen) atoms. The third kappa shape index (κ3) is 2.73. The molecule has 1 heterocycles. The summed E-state index contributed by atoms with van der Waals surface area (Å²) >= 11 is 11.7. The molecule has 0 aromatic heterocycles. The number of ether oxygens (including phenoxy) is 1. The number of rotatable bonds is 4. The Morgan fingerprint density at radius 1 is 1.35 bits per heavy atom. The maximum atomic E-state index is 11.9. The standard InChI is InChI=1S/C14H15Cl2NO3/c15-11-4-3-10(5-12(11)16)20-6-13(18)17-7-14(19,8-17)9-1-2-9/h3-5,9,19H,1-2,6-8H2. The Balaban J connectivity index is 1.49. The number of likely N-dealkylation sites (tertiary alicyclic amines) is 1. The Morgan fingerprint density at radius 2 is 2.05 bits per heavy atom. The minimum absolute atomic E-state index is 0.0568. The van der Waals surface area contributed by atoms with Gasteiger partial charge in [-0.05, 0) is 30.9 Å². The molecule has 6 heteroatoms. The van der Waals surface area contributed by atoms with Crippen LogP contribution in [0.1, 0.15) is 12.8 Å². The van der Waals surface area contributed by atoms with Crippen molar-refractivity contribution in [1.82, 2.24) is 4.90 Å². The molecule has 0 spiro atoms. The van der Waals surface area contributed by atoms with Gasteiger partial charge in [0, 0.05) is 6.07 Å². The first-order chi connectivity index (χ1) is 9.48. The van der Waals surface area contributed by atoms with Gasteiger partial charge >= 0.3 is 0 Å². The molecule has 3 rings (SSSR count). The lowest BCUT2D eigenvalue weighted by atomic mass is 9.89. The van der Waals surface area contributed by atoms with E-state index in [-0.39, 0.29) is 12.5 Å². The zero-order valence-electron chi connectivity index (χ0n) is 10.8. The first kappa shape index (κ1) is 14.0. The van der Waals surface area contributed by atoms with E-state index in [0.717, 1.165) is 12.8 Å². The minimum Gasteiger partial charge on any atom is -0.484 e. The summed E-state index contributed by atoms with van der Waals surface area (Å²) in [5.74, 6) is 0.759. The lowest BCUT2D eigenvalue weighted by molar-refractivity contribution is -0.161. The second kappa shape index (κ2) is 5.10. The van der Waals surface area contributed by atoms with E-state index < -0.39 is 5.60 Å². The van der Waals surface area contributed by atoms with Crippen molar-refractivity contribution in [3.05, 3.63) is 28.2 Å². The average Bonchev–Trinajstić information content (AvgIpc) is 3.20. The molecule has 2 aliphatic rings. The quantitative estimate of drug-likeness (QED) is 0.928. The summed E-state index contributed by atoms with van der Waals surface area (Å²) in [6.45, 7) is 0.779. The zero-order chi connectivity index (χ0) is 14.3. The molecular weight excluding hydrogens is 301 g/mol. The molecule has 0 radical (unpaired) electrons. The second-order valence-electron chi connectivity index (χ2n) is 5.49. The van der Waals surface area contributed by atoms with E-state index in [9.17, 15) is 9.90 Å². The van der Waals surface area contributed by atoms with E-state index >= 15 is 0 Å². The van der Waals surface area contributed by atoms with Gasteiger partial charge in [-0.3, -0.25) is 4.79 Å². The third-order valence-corrected chi connectivity index (χ3v) is 4.61. The Kier molecular flexibility index (Phi) is 3.56. The summed E-state index contributed by atoms with van der Waals surface area (Å²) < 4.78 is 5.39. The molecule has 1 aromatic rings. The fraction of sp³-hybridized carbons (Fsp3) is 0.500. The van der Waals surface area contributed by atoms with E-state index in [0.29, 0.717) is 34.8 Å². The van der Waals surface area contributed by atoms with Crippen molar-refractivity contribution >= 4 is 29.1 Å². The van der Waals surface area contributed by atoms with E-state index in [4.69, 9.17) is 27.9 Å². The van der Waals surface area contributed by atoms with Crippen molar-refractivity contribution in [2.45, 2.75) is 18.4 Å². The summed E-state index contributed by atoms with van der Waals surface area (Å²) in [5, 5.41) is 11.0. The lowest BCUT2D eigenvalue weighted by Crippen LogP contribution is -2.65. The number of halogens is 2. The molecule has 1 aliphatic heterocycles. The van der Waals surface area contributed by atoms with Gasteiger partial charge in [0.05, 0.1) is 23.1 Å². The molecule has 1 amide bonds. The Bertz CT molecular complexity index is 539. The topological polar surface area (TPSA) is 49.8 Å². The molecule has 0 atom stereocenters. The summed E-state index contributed by atoms with van der Waals surface area (Å²) in [4.78, 5) is 13.5. The van der Waals surface area contributed by atoms with E-state index in [1.807, 2.05) is 0 Å². The van der Waals surface area contributed by atoms with Crippen molar-refractivity contribution in [3.8, 4) is 5.75 Å². The first-order valence-electron chi connectivity index (χ1n) is 6.56. The van der Waals surface area contributed by atoms with Crippen molar-refractivity contribution < 1.29 is 14.6 Å². The van der Waals surface area contributed by atoms with Crippen molar-refractivity contribution in [3.63, 3.8) is 0 Å². The first-order valence-corrected chi connectivity index (χ1v) is 7.31. The fourth-order valence-corrected chi connectivity index (χ4v) is 2.76. The van der Waals surface area contributed by atoms with Crippen LogP contribution in [0.5, 0.6) is 5.75 Å². The van der Waals surface area contributed by atoms with Crippen LogP contribution >= 0.6 is 23.2 Å². The van der Waals surface area contributed by atoms with Gasteiger partial charge in [0.2, 0.25) is 0 Å². The van der Waals surface area contributed by atoms with E-state index in [1.165, 1.54) is 0 Å². The number of aliphatic hydroxyl groups is 1. The van der Waals surface area contributed by atoms with Gasteiger partial charge in [-0.15, -0.1) is 0 Å². The van der Waals surface area contributed by atoms with Crippen LogP contribution in [-0.4, -0.2) is 41.2 Å². The molecule has 1 saturated heterocycles.